The maximum absolute atomic E-state index is 13.4. The maximum atomic E-state index is 13.4. The summed E-state index contributed by atoms with van der Waals surface area (Å²) in [6.07, 6.45) is 1.22. The monoisotopic (exact) mass is 219 g/mol. The highest BCUT2D eigenvalue weighted by Crippen LogP contribution is 2.27. The van der Waals surface area contributed by atoms with Crippen LogP contribution in [0.15, 0.2) is 18.3 Å². The van der Waals surface area contributed by atoms with E-state index < -0.39 is 11.6 Å². The largest absolute Gasteiger partial charge is 0.386 e. The highest BCUT2D eigenvalue weighted by atomic mass is 19.2. The first-order chi connectivity index (χ1) is 7.69. The second-order valence-electron chi connectivity index (χ2n) is 3.17. The topological polar surface area (TPSA) is 48.7 Å². The Morgan fingerprint density at radius 1 is 1.38 bits per heavy atom. The van der Waals surface area contributed by atoms with Gasteiger partial charge in [-0.25, -0.2) is 8.78 Å². The molecular formula is C11H7F2N3. The van der Waals surface area contributed by atoms with Crippen LogP contribution in [0.3, 0.4) is 0 Å². The van der Waals surface area contributed by atoms with Gasteiger partial charge < -0.3 is 5.32 Å². The van der Waals surface area contributed by atoms with Gasteiger partial charge in [0, 0.05) is 18.6 Å². The molecule has 1 heterocycles. The Morgan fingerprint density at radius 3 is 2.75 bits per heavy atom. The minimum Gasteiger partial charge on any atom is -0.386 e. The van der Waals surface area contributed by atoms with Crippen molar-refractivity contribution in [1.29, 1.82) is 5.26 Å². The Kier molecular flexibility index (Phi) is 2.41. The van der Waals surface area contributed by atoms with Gasteiger partial charge in [0.25, 0.3) is 0 Å². The van der Waals surface area contributed by atoms with E-state index in [4.69, 9.17) is 5.26 Å². The number of hydrogen-bond donors (Lipinski definition) is 1. The molecule has 0 fully saturated rings. The van der Waals surface area contributed by atoms with E-state index in [-0.39, 0.29) is 5.52 Å². The fourth-order valence-corrected chi connectivity index (χ4v) is 1.56. The highest BCUT2D eigenvalue weighted by Gasteiger charge is 2.13. The molecule has 1 aromatic heterocycles. The van der Waals surface area contributed by atoms with Crippen LogP contribution in [0.5, 0.6) is 0 Å². The van der Waals surface area contributed by atoms with Gasteiger partial charge in [-0.3, -0.25) is 4.98 Å². The van der Waals surface area contributed by atoms with Gasteiger partial charge in [-0.1, -0.05) is 0 Å². The fourth-order valence-electron chi connectivity index (χ4n) is 1.56. The first kappa shape index (κ1) is 10.3. The normalized spacial score (nSPS) is 10.1. The van der Waals surface area contributed by atoms with Crippen LogP contribution in [0.2, 0.25) is 0 Å². The van der Waals surface area contributed by atoms with Gasteiger partial charge in [0.1, 0.15) is 11.6 Å². The summed E-state index contributed by atoms with van der Waals surface area (Å²) >= 11 is 0. The van der Waals surface area contributed by atoms with Crippen molar-refractivity contribution in [1.82, 2.24) is 4.98 Å². The van der Waals surface area contributed by atoms with Crippen LogP contribution >= 0.6 is 0 Å². The molecular weight excluding hydrogens is 212 g/mol. The van der Waals surface area contributed by atoms with Crippen LogP contribution in [-0.4, -0.2) is 12.0 Å². The average molecular weight is 219 g/mol. The molecule has 3 nitrogen and oxygen atoms in total. The lowest BCUT2D eigenvalue weighted by atomic mass is 10.1. The number of nitrogens with zero attached hydrogens (tertiary/aromatic N) is 2. The van der Waals surface area contributed by atoms with Gasteiger partial charge in [0.2, 0.25) is 0 Å². The number of pyridine rings is 1. The maximum Gasteiger partial charge on any atom is 0.185 e. The molecule has 16 heavy (non-hydrogen) atoms. The number of anilines is 1. The Bertz CT molecular complexity index is 602. The van der Waals surface area contributed by atoms with Gasteiger partial charge >= 0.3 is 0 Å². The zero-order valence-corrected chi connectivity index (χ0v) is 8.38. The predicted octanol–water partition coefficient (Wildman–Crippen LogP) is 2.43. The van der Waals surface area contributed by atoms with Crippen molar-refractivity contribution < 1.29 is 8.78 Å². The van der Waals surface area contributed by atoms with E-state index in [0.717, 1.165) is 6.07 Å². The first-order valence-electron chi connectivity index (χ1n) is 4.53. The third-order valence-electron chi connectivity index (χ3n) is 2.30. The Hall–Kier alpha value is -2.22. The Balaban J connectivity index is 2.91. The SMILES string of the molecule is CNc1c(C#N)cnc2c(F)c(F)ccc12. The highest BCUT2D eigenvalue weighted by molar-refractivity contribution is 5.94. The zero-order valence-electron chi connectivity index (χ0n) is 8.38. The third-order valence-corrected chi connectivity index (χ3v) is 2.30. The van der Waals surface area contributed by atoms with E-state index >= 15 is 0 Å². The smallest absolute Gasteiger partial charge is 0.185 e. The summed E-state index contributed by atoms with van der Waals surface area (Å²) in [6, 6.07) is 4.34. The van der Waals surface area contributed by atoms with Gasteiger partial charge in [0.05, 0.1) is 11.3 Å². The molecule has 5 heteroatoms. The number of benzene rings is 1. The minimum absolute atomic E-state index is 0.0802. The van der Waals surface area contributed by atoms with Crippen LogP contribution in [0, 0.1) is 23.0 Å². The molecule has 1 N–H and O–H groups in total. The summed E-state index contributed by atoms with van der Waals surface area (Å²) in [6.45, 7) is 0. The minimum atomic E-state index is -1.00. The van der Waals surface area contributed by atoms with Gasteiger partial charge in [-0.15, -0.1) is 0 Å². The number of halogens is 2. The standard InChI is InChI=1S/C11H7F2N3/c1-15-10-6(4-14)5-16-11-7(10)2-3-8(12)9(11)13/h2-3,5H,1H3,(H,15,16). The molecule has 0 saturated heterocycles. The molecule has 2 rings (SSSR count). The number of fused-ring (bicyclic) bond motifs is 1. The van der Waals surface area contributed by atoms with Crippen molar-refractivity contribution >= 4 is 16.6 Å². The van der Waals surface area contributed by atoms with Crippen molar-refractivity contribution in [2.45, 2.75) is 0 Å². The second-order valence-corrected chi connectivity index (χ2v) is 3.17. The second kappa shape index (κ2) is 3.74. The molecule has 0 atom stereocenters. The van der Waals surface area contributed by atoms with E-state index in [1.54, 1.807) is 7.05 Å². The number of rotatable bonds is 1. The summed E-state index contributed by atoms with van der Waals surface area (Å²) in [5.74, 6) is -1.95. The molecule has 0 aliphatic heterocycles. The lowest BCUT2D eigenvalue weighted by Crippen LogP contribution is -1.98. The average Bonchev–Trinajstić information content (AvgIpc) is 2.32. The molecule has 0 unspecified atom stereocenters. The molecule has 0 aliphatic carbocycles. The molecule has 0 radical (unpaired) electrons. The number of hydrogen-bond acceptors (Lipinski definition) is 3. The van der Waals surface area contributed by atoms with Crippen LogP contribution in [0.4, 0.5) is 14.5 Å². The zero-order chi connectivity index (χ0) is 11.7. The van der Waals surface area contributed by atoms with Gasteiger partial charge in [-0.05, 0) is 12.1 Å². The van der Waals surface area contributed by atoms with Gasteiger partial charge in [-0.2, -0.15) is 5.26 Å². The predicted molar refractivity (Wildman–Crippen MR) is 55.9 cm³/mol. The molecule has 0 aliphatic rings. The van der Waals surface area contributed by atoms with Gasteiger partial charge in [0.15, 0.2) is 11.6 Å². The molecule has 0 spiro atoms. The lowest BCUT2D eigenvalue weighted by molar-refractivity contribution is 0.515. The van der Waals surface area contributed by atoms with E-state index in [9.17, 15) is 8.78 Å². The van der Waals surface area contributed by atoms with Crippen molar-refractivity contribution in [2.75, 3.05) is 12.4 Å². The molecule has 0 amide bonds. The summed E-state index contributed by atoms with van der Waals surface area (Å²) in [5.41, 5.74) is 0.663. The summed E-state index contributed by atoms with van der Waals surface area (Å²) in [7, 11) is 1.61. The van der Waals surface area contributed by atoms with Crippen molar-refractivity contribution in [3.8, 4) is 6.07 Å². The summed E-state index contributed by atoms with van der Waals surface area (Å²) in [5, 5.41) is 12.0. The van der Waals surface area contributed by atoms with E-state index in [1.807, 2.05) is 6.07 Å². The molecule has 0 saturated carbocycles. The number of aromatic nitrogens is 1. The Morgan fingerprint density at radius 2 is 2.12 bits per heavy atom. The van der Waals surface area contributed by atoms with Crippen LogP contribution in [0.25, 0.3) is 10.9 Å². The molecule has 1 aromatic carbocycles. The van der Waals surface area contributed by atoms with Crippen molar-refractivity contribution in [3.63, 3.8) is 0 Å². The van der Waals surface area contributed by atoms with Crippen LogP contribution in [0.1, 0.15) is 5.56 Å². The number of nitriles is 1. The van der Waals surface area contributed by atoms with Crippen molar-refractivity contribution in [3.05, 3.63) is 35.5 Å². The number of nitrogens with one attached hydrogen (secondary N) is 1. The summed E-state index contributed by atoms with van der Waals surface area (Å²) in [4.78, 5) is 3.74. The summed E-state index contributed by atoms with van der Waals surface area (Å²) < 4.78 is 26.4. The lowest BCUT2D eigenvalue weighted by Gasteiger charge is -2.07. The van der Waals surface area contributed by atoms with E-state index in [2.05, 4.69) is 10.3 Å². The molecule has 0 bridgehead atoms. The third kappa shape index (κ3) is 1.36. The van der Waals surface area contributed by atoms with Crippen LogP contribution in [-0.2, 0) is 0 Å². The van der Waals surface area contributed by atoms with Crippen molar-refractivity contribution in [2.24, 2.45) is 0 Å². The molecule has 2 aromatic rings. The quantitative estimate of drug-likeness (QED) is 0.801. The van der Waals surface area contributed by atoms with E-state index in [1.165, 1.54) is 12.3 Å². The first-order valence-corrected chi connectivity index (χ1v) is 4.53. The van der Waals surface area contributed by atoms with Crippen LogP contribution < -0.4 is 5.32 Å². The van der Waals surface area contributed by atoms with E-state index in [0.29, 0.717) is 16.6 Å². The molecule has 80 valence electrons. The fraction of sp³-hybridized carbons (Fsp3) is 0.0909. The Labute approximate surface area is 90.3 Å².